The van der Waals surface area contributed by atoms with Crippen molar-refractivity contribution in [1.29, 1.82) is 5.26 Å². The van der Waals surface area contributed by atoms with Gasteiger partial charge in [0.25, 0.3) is 5.56 Å². The van der Waals surface area contributed by atoms with Crippen LogP contribution in [0.2, 0.25) is 0 Å². The topological polar surface area (TPSA) is 87.8 Å². The van der Waals surface area contributed by atoms with Gasteiger partial charge in [-0.3, -0.25) is 9.59 Å². The van der Waals surface area contributed by atoms with Crippen LogP contribution in [0.3, 0.4) is 0 Å². The maximum absolute atomic E-state index is 12.6. The number of aromatic nitrogens is 2. The highest BCUT2D eigenvalue weighted by Crippen LogP contribution is 2.22. The lowest BCUT2D eigenvalue weighted by molar-refractivity contribution is -0.123. The molecule has 0 fully saturated rings. The summed E-state index contributed by atoms with van der Waals surface area (Å²) in [5.74, 6) is -0.129. The average Bonchev–Trinajstić information content (AvgIpc) is 2.64. The zero-order valence-corrected chi connectivity index (χ0v) is 16.5. The molecule has 0 aliphatic heterocycles. The minimum Gasteiger partial charge on any atom is -0.347 e. The van der Waals surface area contributed by atoms with E-state index in [2.05, 4.69) is 29.5 Å². The monoisotopic (exact) mass is 366 g/mol. The molecule has 6 nitrogen and oxygen atoms in total. The van der Waals surface area contributed by atoms with Gasteiger partial charge in [-0.2, -0.15) is 10.4 Å². The van der Waals surface area contributed by atoms with Crippen molar-refractivity contribution in [2.45, 2.75) is 53.6 Å². The lowest BCUT2D eigenvalue weighted by Crippen LogP contribution is -2.38. The van der Waals surface area contributed by atoms with Crippen molar-refractivity contribution in [3.63, 3.8) is 0 Å². The van der Waals surface area contributed by atoms with Crippen LogP contribution in [0.4, 0.5) is 0 Å². The number of aryl methyl sites for hydroxylation is 2. The number of carbonyl (C=O) groups is 1. The van der Waals surface area contributed by atoms with Gasteiger partial charge in [-0.25, -0.2) is 4.68 Å². The van der Waals surface area contributed by atoms with Gasteiger partial charge in [0.2, 0.25) is 5.91 Å². The van der Waals surface area contributed by atoms with Crippen molar-refractivity contribution in [2.75, 3.05) is 0 Å². The fourth-order valence-corrected chi connectivity index (χ4v) is 2.96. The van der Waals surface area contributed by atoms with E-state index in [1.807, 2.05) is 32.0 Å². The third-order valence-electron chi connectivity index (χ3n) is 4.77. The molecule has 1 aromatic heterocycles. The maximum Gasteiger partial charge on any atom is 0.285 e. The first-order chi connectivity index (χ1) is 12.8. The van der Waals surface area contributed by atoms with Crippen LogP contribution in [0, 0.1) is 31.1 Å². The van der Waals surface area contributed by atoms with Crippen LogP contribution in [-0.4, -0.2) is 15.7 Å². The Hall–Kier alpha value is -2.94. The number of carbonyl (C=O) groups excluding carboxylic acids is 1. The Morgan fingerprint density at radius 2 is 1.89 bits per heavy atom. The molecule has 0 saturated heterocycles. The number of nitriles is 1. The summed E-state index contributed by atoms with van der Waals surface area (Å²) in [6.45, 7) is 9.35. The van der Waals surface area contributed by atoms with Crippen molar-refractivity contribution >= 4 is 5.91 Å². The number of rotatable bonds is 6. The number of hydrogen-bond donors (Lipinski definition) is 1. The fraction of sp³-hybridized carbons (Fsp3) is 0.429. The second-order valence-corrected chi connectivity index (χ2v) is 7.04. The van der Waals surface area contributed by atoms with Gasteiger partial charge in [-0.15, -0.1) is 0 Å². The normalized spacial score (nSPS) is 11.9. The van der Waals surface area contributed by atoms with Crippen molar-refractivity contribution < 1.29 is 4.79 Å². The highest BCUT2D eigenvalue weighted by atomic mass is 16.2. The molecule has 1 N–H and O–H groups in total. The average molecular weight is 366 g/mol. The van der Waals surface area contributed by atoms with Gasteiger partial charge in [-0.05, 0) is 42.9 Å². The molecule has 0 aliphatic carbocycles. The van der Waals surface area contributed by atoms with Gasteiger partial charge in [0, 0.05) is 0 Å². The first kappa shape index (κ1) is 20.4. The van der Waals surface area contributed by atoms with Crippen LogP contribution < -0.4 is 10.9 Å². The minimum atomic E-state index is -0.538. The Kier molecular flexibility index (Phi) is 6.51. The quantitative estimate of drug-likeness (QED) is 0.851. The standard InChI is InChI=1S/C21H26N4O2/c1-6-16-7-9-17(10-8-16)20(13(2)3)23-19(26)12-25-21(27)18(11-22)14(4)15(5)24-25/h7-10,13,20H,6,12H2,1-5H3,(H,23,26)/t20-/m1/s1. The summed E-state index contributed by atoms with van der Waals surface area (Å²) in [5.41, 5.74) is 2.87. The molecule has 0 bridgehead atoms. The second-order valence-electron chi connectivity index (χ2n) is 7.04. The summed E-state index contributed by atoms with van der Waals surface area (Å²) in [6.07, 6.45) is 0.960. The minimum absolute atomic E-state index is 0.0332. The summed E-state index contributed by atoms with van der Waals surface area (Å²) >= 11 is 0. The molecule has 6 heteroatoms. The first-order valence-electron chi connectivity index (χ1n) is 9.15. The summed E-state index contributed by atoms with van der Waals surface area (Å²) in [7, 11) is 0. The third-order valence-corrected chi connectivity index (χ3v) is 4.77. The molecule has 142 valence electrons. The maximum atomic E-state index is 12.6. The van der Waals surface area contributed by atoms with E-state index in [4.69, 9.17) is 0 Å². The van der Waals surface area contributed by atoms with E-state index in [1.165, 1.54) is 5.56 Å². The van der Waals surface area contributed by atoms with Crippen LogP contribution in [0.25, 0.3) is 0 Å². The Bertz CT molecular complexity index is 921. The van der Waals surface area contributed by atoms with E-state index < -0.39 is 5.56 Å². The second kappa shape index (κ2) is 8.63. The van der Waals surface area contributed by atoms with Crippen molar-refractivity contribution in [1.82, 2.24) is 15.1 Å². The van der Waals surface area contributed by atoms with E-state index >= 15 is 0 Å². The fourth-order valence-electron chi connectivity index (χ4n) is 2.96. The molecular formula is C21H26N4O2. The Labute approximate surface area is 159 Å². The largest absolute Gasteiger partial charge is 0.347 e. The van der Waals surface area contributed by atoms with E-state index in [1.54, 1.807) is 13.8 Å². The lowest BCUT2D eigenvalue weighted by Gasteiger charge is -2.23. The summed E-state index contributed by atoms with van der Waals surface area (Å²) < 4.78 is 1.06. The number of benzene rings is 1. The van der Waals surface area contributed by atoms with E-state index in [-0.39, 0.29) is 30.0 Å². The summed E-state index contributed by atoms with van der Waals surface area (Å²) in [6, 6.07) is 9.92. The molecule has 0 radical (unpaired) electrons. The van der Waals surface area contributed by atoms with Crippen LogP contribution >= 0.6 is 0 Å². The summed E-state index contributed by atoms with van der Waals surface area (Å²) in [4.78, 5) is 24.9. The van der Waals surface area contributed by atoms with Crippen molar-refractivity contribution in [2.24, 2.45) is 5.92 Å². The molecule has 27 heavy (non-hydrogen) atoms. The van der Waals surface area contributed by atoms with Crippen molar-refractivity contribution in [3.8, 4) is 6.07 Å². The Morgan fingerprint density at radius 1 is 1.26 bits per heavy atom. The Morgan fingerprint density at radius 3 is 2.41 bits per heavy atom. The number of hydrogen-bond acceptors (Lipinski definition) is 4. The first-order valence-corrected chi connectivity index (χ1v) is 9.15. The van der Waals surface area contributed by atoms with Gasteiger partial charge < -0.3 is 5.32 Å². The van der Waals surface area contributed by atoms with Crippen LogP contribution in [-0.2, 0) is 17.8 Å². The van der Waals surface area contributed by atoms with Gasteiger partial charge in [-0.1, -0.05) is 45.0 Å². The number of nitrogens with zero attached hydrogens (tertiary/aromatic N) is 3. The summed E-state index contributed by atoms with van der Waals surface area (Å²) in [5, 5.41) is 16.4. The molecule has 0 spiro atoms. The number of amides is 1. The SMILES string of the molecule is CCc1ccc([C@H](NC(=O)Cn2nc(C)c(C)c(C#N)c2=O)C(C)C)cc1. The molecule has 1 atom stereocenters. The van der Waals surface area contributed by atoms with E-state index in [9.17, 15) is 14.9 Å². The smallest absolute Gasteiger partial charge is 0.285 e. The van der Waals surface area contributed by atoms with E-state index in [0.717, 1.165) is 16.7 Å². The molecular weight excluding hydrogens is 340 g/mol. The zero-order chi connectivity index (χ0) is 20.1. The van der Waals surface area contributed by atoms with Gasteiger partial charge in [0.15, 0.2) is 0 Å². The molecule has 2 rings (SSSR count). The van der Waals surface area contributed by atoms with Crippen molar-refractivity contribution in [3.05, 3.63) is 62.6 Å². The molecule has 1 aromatic carbocycles. The lowest BCUT2D eigenvalue weighted by atomic mass is 9.95. The predicted molar refractivity (Wildman–Crippen MR) is 104 cm³/mol. The predicted octanol–water partition coefficient (Wildman–Crippen LogP) is 2.81. The highest BCUT2D eigenvalue weighted by molar-refractivity contribution is 5.76. The molecule has 0 unspecified atom stereocenters. The van der Waals surface area contributed by atoms with Gasteiger partial charge >= 0.3 is 0 Å². The Balaban J connectivity index is 2.23. The third kappa shape index (κ3) is 4.62. The van der Waals surface area contributed by atoms with Gasteiger partial charge in [0.05, 0.1) is 11.7 Å². The van der Waals surface area contributed by atoms with Crippen LogP contribution in [0.15, 0.2) is 29.1 Å². The zero-order valence-electron chi connectivity index (χ0n) is 16.5. The molecule has 0 aliphatic rings. The molecule has 0 saturated carbocycles. The van der Waals surface area contributed by atoms with Crippen LogP contribution in [0.5, 0.6) is 0 Å². The molecule has 1 amide bonds. The van der Waals surface area contributed by atoms with Gasteiger partial charge in [0.1, 0.15) is 18.2 Å². The van der Waals surface area contributed by atoms with Crippen LogP contribution in [0.1, 0.15) is 54.8 Å². The highest BCUT2D eigenvalue weighted by Gasteiger charge is 2.20. The van der Waals surface area contributed by atoms with E-state index in [0.29, 0.717) is 11.3 Å². The molecule has 2 aromatic rings. The number of nitrogens with one attached hydrogen (secondary N) is 1. The molecule has 1 heterocycles.